The minimum absolute atomic E-state index is 0.765. The zero-order chi connectivity index (χ0) is 11.4. The van der Waals surface area contributed by atoms with Crippen molar-refractivity contribution in [1.82, 2.24) is 10.2 Å². The van der Waals surface area contributed by atoms with Crippen molar-refractivity contribution in [2.45, 2.75) is 63.5 Å². The standard InChI is InChI=1S/C14H28N2/c1-16(2)14(11-15-13-9-6-10-13)12-7-4-3-5-8-12/h12-15H,3-11H2,1-2H3. The molecule has 1 N–H and O–H groups in total. The van der Waals surface area contributed by atoms with Gasteiger partial charge in [-0.2, -0.15) is 0 Å². The van der Waals surface area contributed by atoms with Crippen LogP contribution in [0.4, 0.5) is 0 Å². The van der Waals surface area contributed by atoms with Crippen LogP contribution in [0.25, 0.3) is 0 Å². The van der Waals surface area contributed by atoms with Crippen LogP contribution >= 0.6 is 0 Å². The summed E-state index contributed by atoms with van der Waals surface area (Å²) in [7, 11) is 4.50. The molecule has 2 saturated carbocycles. The van der Waals surface area contributed by atoms with Crippen molar-refractivity contribution >= 4 is 0 Å². The number of rotatable bonds is 5. The first-order chi connectivity index (χ1) is 7.77. The monoisotopic (exact) mass is 224 g/mol. The zero-order valence-electron chi connectivity index (χ0n) is 11.0. The molecule has 0 spiro atoms. The third-order valence-corrected chi connectivity index (χ3v) is 4.58. The molecule has 0 aliphatic heterocycles. The quantitative estimate of drug-likeness (QED) is 0.772. The number of nitrogens with zero attached hydrogens (tertiary/aromatic N) is 1. The molecule has 2 aliphatic rings. The van der Waals surface area contributed by atoms with Crippen LogP contribution in [0.1, 0.15) is 51.4 Å². The Kier molecular flexibility index (Phi) is 4.66. The van der Waals surface area contributed by atoms with Gasteiger partial charge in [0.2, 0.25) is 0 Å². The summed E-state index contributed by atoms with van der Waals surface area (Å²) in [6.45, 7) is 1.21. The van der Waals surface area contributed by atoms with E-state index in [-0.39, 0.29) is 0 Å². The number of likely N-dealkylation sites (N-methyl/N-ethyl adjacent to an activating group) is 1. The normalized spacial score (nSPS) is 25.7. The van der Waals surface area contributed by atoms with Gasteiger partial charge in [-0.05, 0) is 45.7 Å². The molecular weight excluding hydrogens is 196 g/mol. The summed E-state index contributed by atoms with van der Waals surface area (Å²) in [5.41, 5.74) is 0. The van der Waals surface area contributed by atoms with E-state index in [0.29, 0.717) is 0 Å². The Bertz CT molecular complexity index is 193. The van der Waals surface area contributed by atoms with Crippen LogP contribution in [0, 0.1) is 5.92 Å². The minimum atomic E-state index is 0.765. The first-order valence-electron chi connectivity index (χ1n) is 7.17. The van der Waals surface area contributed by atoms with E-state index in [9.17, 15) is 0 Å². The van der Waals surface area contributed by atoms with Gasteiger partial charge >= 0.3 is 0 Å². The second kappa shape index (κ2) is 6.02. The molecule has 0 saturated heterocycles. The lowest BCUT2D eigenvalue weighted by atomic mass is 9.83. The van der Waals surface area contributed by atoms with Crippen LogP contribution in [-0.4, -0.2) is 37.6 Å². The molecule has 0 heterocycles. The van der Waals surface area contributed by atoms with E-state index in [1.165, 1.54) is 57.9 Å². The second-order valence-electron chi connectivity index (χ2n) is 5.97. The Balaban J connectivity index is 1.77. The van der Waals surface area contributed by atoms with Crippen molar-refractivity contribution in [3.63, 3.8) is 0 Å². The molecule has 2 fully saturated rings. The molecule has 0 aromatic heterocycles. The van der Waals surface area contributed by atoms with E-state index in [0.717, 1.165) is 18.0 Å². The van der Waals surface area contributed by atoms with Gasteiger partial charge in [-0.3, -0.25) is 0 Å². The van der Waals surface area contributed by atoms with Crippen LogP contribution in [0.3, 0.4) is 0 Å². The SMILES string of the molecule is CN(C)C(CNC1CCC1)C1CCCCC1. The smallest absolute Gasteiger partial charge is 0.0242 e. The summed E-state index contributed by atoms with van der Waals surface area (Å²) in [6.07, 6.45) is 11.5. The topological polar surface area (TPSA) is 15.3 Å². The highest BCUT2D eigenvalue weighted by molar-refractivity contribution is 4.84. The highest BCUT2D eigenvalue weighted by atomic mass is 15.1. The fourth-order valence-electron chi connectivity index (χ4n) is 3.19. The summed E-state index contributed by atoms with van der Waals surface area (Å²) in [4.78, 5) is 2.45. The summed E-state index contributed by atoms with van der Waals surface area (Å²) in [5.74, 6) is 0.941. The first-order valence-corrected chi connectivity index (χ1v) is 7.17. The molecule has 0 aromatic rings. The summed E-state index contributed by atoms with van der Waals surface area (Å²) < 4.78 is 0. The fourth-order valence-corrected chi connectivity index (χ4v) is 3.19. The van der Waals surface area contributed by atoms with Crippen molar-refractivity contribution in [3.05, 3.63) is 0 Å². The molecule has 94 valence electrons. The van der Waals surface area contributed by atoms with E-state index < -0.39 is 0 Å². The Morgan fingerprint density at radius 1 is 1.00 bits per heavy atom. The molecule has 1 unspecified atom stereocenters. The Morgan fingerprint density at radius 3 is 2.19 bits per heavy atom. The molecule has 0 aromatic carbocycles. The van der Waals surface area contributed by atoms with E-state index in [2.05, 4.69) is 24.3 Å². The van der Waals surface area contributed by atoms with Gasteiger partial charge < -0.3 is 10.2 Å². The van der Waals surface area contributed by atoms with Gasteiger partial charge in [0.05, 0.1) is 0 Å². The van der Waals surface area contributed by atoms with Gasteiger partial charge in [0.25, 0.3) is 0 Å². The van der Waals surface area contributed by atoms with Crippen molar-refractivity contribution in [2.24, 2.45) is 5.92 Å². The van der Waals surface area contributed by atoms with E-state index in [4.69, 9.17) is 0 Å². The predicted molar refractivity (Wildman–Crippen MR) is 69.7 cm³/mol. The molecule has 0 bridgehead atoms. The van der Waals surface area contributed by atoms with Crippen LogP contribution in [-0.2, 0) is 0 Å². The first kappa shape index (κ1) is 12.4. The highest BCUT2D eigenvalue weighted by Gasteiger charge is 2.26. The van der Waals surface area contributed by atoms with Gasteiger partial charge in [0.15, 0.2) is 0 Å². The molecule has 2 nitrogen and oxygen atoms in total. The lowest BCUT2D eigenvalue weighted by molar-refractivity contribution is 0.156. The number of nitrogens with one attached hydrogen (secondary N) is 1. The third kappa shape index (κ3) is 3.21. The van der Waals surface area contributed by atoms with Gasteiger partial charge in [-0.15, -0.1) is 0 Å². The second-order valence-corrected chi connectivity index (χ2v) is 5.97. The van der Waals surface area contributed by atoms with Crippen LogP contribution < -0.4 is 5.32 Å². The van der Waals surface area contributed by atoms with Crippen molar-refractivity contribution in [3.8, 4) is 0 Å². The summed E-state index contributed by atoms with van der Waals surface area (Å²) >= 11 is 0. The largest absolute Gasteiger partial charge is 0.312 e. The van der Waals surface area contributed by atoms with Crippen LogP contribution in [0.5, 0.6) is 0 Å². The predicted octanol–water partition coefficient (Wildman–Crippen LogP) is 2.64. The van der Waals surface area contributed by atoms with Crippen molar-refractivity contribution < 1.29 is 0 Å². The average molecular weight is 224 g/mol. The van der Waals surface area contributed by atoms with Crippen molar-refractivity contribution in [2.75, 3.05) is 20.6 Å². The van der Waals surface area contributed by atoms with Crippen molar-refractivity contribution in [1.29, 1.82) is 0 Å². The maximum atomic E-state index is 3.76. The molecule has 16 heavy (non-hydrogen) atoms. The van der Waals surface area contributed by atoms with E-state index in [1.54, 1.807) is 0 Å². The average Bonchev–Trinajstić information content (AvgIpc) is 2.22. The molecule has 1 atom stereocenters. The maximum Gasteiger partial charge on any atom is 0.0242 e. The Morgan fingerprint density at radius 2 is 1.69 bits per heavy atom. The summed E-state index contributed by atoms with van der Waals surface area (Å²) in [5, 5.41) is 3.76. The molecule has 2 heteroatoms. The van der Waals surface area contributed by atoms with Gasteiger partial charge in [-0.1, -0.05) is 25.7 Å². The Labute approximate surface area is 101 Å². The number of hydrogen-bond donors (Lipinski definition) is 1. The maximum absolute atomic E-state index is 3.76. The fraction of sp³-hybridized carbons (Fsp3) is 1.00. The lowest BCUT2D eigenvalue weighted by Gasteiger charge is -2.37. The minimum Gasteiger partial charge on any atom is -0.312 e. The van der Waals surface area contributed by atoms with Gasteiger partial charge in [0, 0.05) is 18.6 Å². The lowest BCUT2D eigenvalue weighted by Crippen LogP contribution is -2.48. The number of hydrogen-bond acceptors (Lipinski definition) is 2. The molecule has 2 rings (SSSR count). The Hall–Kier alpha value is -0.0800. The van der Waals surface area contributed by atoms with E-state index >= 15 is 0 Å². The third-order valence-electron chi connectivity index (χ3n) is 4.58. The van der Waals surface area contributed by atoms with Gasteiger partial charge in [0.1, 0.15) is 0 Å². The summed E-state index contributed by atoms with van der Waals surface area (Å²) in [6, 6.07) is 1.60. The molecular formula is C14H28N2. The molecule has 2 aliphatic carbocycles. The molecule has 0 radical (unpaired) electrons. The van der Waals surface area contributed by atoms with Crippen LogP contribution in [0.2, 0.25) is 0 Å². The zero-order valence-corrected chi connectivity index (χ0v) is 11.0. The van der Waals surface area contributed by atoms with E-state index in [1.807, 2.05) is 0 Å². The highest BCUT2D eigenvalue weighted by Crippen LogP contribution is 2.28. The molecule has 0 amide bonds. The van der Waals surface area contributed by atoms with Crippen LogP contribution in [0.15, 0.2) is 0 Å². The van der Waals surface area contributed by atoms with Gasteiger partial charge in [-0.25, -0.2) is 0 Å².